The fraction of sp³-hybridized carbons (Fsp3) is 0.364. The number of benzene rings is 2. The molecule has 0 spiro atoms. The monoisotopic (exact) mass is 590 g/mol. The third kappa shape index (κ3) is 7.70. The molecule has 5 N–H and O–H groups in total. The summed E-state index contributed by atoms with van der Waals surface area (Å²) in [5, 5.41) is 23.8. The number of amides is 1. The summed E-state index contributed by atoms with van der Waals surface area (Å²) < 4.78 is 6.13. The molecule has 8 nitrogen and oxygen atoms in total. The Labute approximate surface area is 252 Å². The van der Waals surface area contributed by atoms with Gasteiger partial charge in [0.2, 0.25) is 0 Å². The van der Waals surface area contributed by atoms with Crippen LogP contribution in [-0.4, -0.2) is 59.0 Å². The van der Waals surface area contributed by atoms with Crippen molar-refractivity contribution in [3.63, 3.8) is 0 Å². The molecule has 9 heteroatoms. The molecule has 222 valence electrons. The van der Waals surface area contributed by atoms with Crippen molar-refractivity contribution in [2.45, 2.75) is 51.0 Å². The van der Waals surface area contributed by atoms with E-state index in [0.717, 1.165) is 55.8 Å². The number of allylic oxidation sites excluding steroid dienone is 6. The van der Waals surface area contributed by atoms with Gasteiger partial charge in [0.15, 0.2) is 0 Å². The van der Waals surface area contributed by atoms with Crippen LogP contribution in [0.3, 0.4) is 0 Å². The normalized spacial score (nSPS) is 20.5. The molecule has 0 radical (unpaired) electrons. The maximum atomic E-state index is 12.6. The van der Waals surface area contributed by atoms with Gasteiger partial charge in [-0.15, -0.1) is 0 Å². The molecule has 5 rings (SSSR count). The maximum absolute atomic E-state index is 12.6. The number of phenolic OH excluding ortho intramolecular Hbond substituents is 1. The quantitative estimate of drug-likeness (QED) is 0.193. The third-order valence-corrected chi connectivity index (χ3v) is 8.35. The first-order chi connectivity index (χ1) is 20.4. The number of aliphatic hydroxyl groups excluding tert-OH is 1. The Morgan fingerprint density at radius 3 is 2.67 bits per heavy atom. The fourth-order valence-electron chi connectivity index (χ4n) is 5.73. The fourth-order valence-corrected chi connectivity index (χ4v) is 5.91. The van der Waals surface area contributed by atoms with Gasteiger partial charge in [-0.1, -0.05) is 66.2 Å². The molecular weight excluding hydrogens is 552 g/mol. The Bertz CT molecular complexity index is 1370. The highest BCUT2D eigenvalue weighted by Gasteiger charge is 2.30. The molecule has 3 atom stereocenters. The molecule has 2 aliphatic carbocycles. The number of aliphatic hydroxyl groups is 1. The first-order valence-corrected chi connectivity index (χ1v) is 14.9. The summed E-state index contributed by atoms with van der Waals surface area (Å²) in [6, 6.07) is 15.0. The van der Waals surface area contributed by atoms with Crippen molar-refractivity contribution in [1.82, 2.24) is 21.1 Å². The van der Waals surface area contributed by atoms with E-state index in [-0.39, 0.29) is 41.3 Å². The number of ether oxygens (including phenoxy) is 1. The highest BCUT2D eigenvalue weighted by atomic mass is 35.5. The van der Waals surface area contributed by atoms with E-state index in [1.807, 2.05) is 31.2 Å². The minimum absolute atomic E-state index is 0.0699. The zero-order valence-corrected chi connectivity index (χ0v) is 24.6. The number of carbonyl (C=O) groups is 1. The molecule has 2 aromatic carbocycles. The number of nitrogens with one attached hydrogen (secondary N) is 3. The lowest BCUT2D eigenvalue weighted by Crippen LogP contribution is -2.47. The zero-order valence-electron chi connectivity index (χ0n) is 23.8. The molecule has 1 heterocycles. The van der Waals surface area contributed by atoms with E-state index >= 15 is 0 Å². The molecule has 2 aromatic rings. The van der Waals surface area contributed by atoms with Crippen LogP contribution >= 0.6 is 11.6 Å². The lowest BCUT2D eigenvalue weighted by molar-refractivity contribution is 0.0324. The Morgan fingerprint density at radius 2 is 1.90 bits per heavy atom. The molecule has 1 aliphatic heterocycles. The van der Waals surface area contributed by atoms with E-state index in [0.29, 0.717) is 5.56 Å². The Hall–Kier alpha value is -3.40. The molecular formula is C33H39ClN4O4. The largest absolute Gasteiger partial charge is 0.506 e. The zero-order chi connectivity index (χ0) is 29.5. The number of nitrogens with zero attached hydrogens (tertiary/aromatic N) is 1. The second kappa shape index (κ2) is 14.2. The smallest absolute Gasteiger partial charge is 0.265 e. The molecule has 1 fully saturated rings. The summed E-state index contributed by atoms with van der Waals surface area (Å²) in [6.45, 7) is 5.10. The van der Waals surface area contributed by atoms with Gasteiger partial charge in [-0.25, -0.2) is 5.43 Å². The van der Waals surface area contributed by atoms with E-state index in [9.17, 15) is 15.0 Å². The molecule has 0 saturated carbocycles. The van der Waals surface area contributed by atoms with Crippen molar-refractivity contribution in [1.29, 1.82) is 0 Å². The number of rotatable bonds is 11. The minimum Gasteiger partial charge on any atom is -0.506 e. The van der Waals surface area contributed by atoms with Crippen molar-refractivity contribution < 1.29 is 19.7 Å². The summed E-state index contributed by atoms with van der Waals surface area (Å²) in [7, 11) is 0. The van der Waals surface area contributed by atoms with Gasteiger partial charge in [0, 0.05) is 35.7 Å². The Kier molecular flexibility index (Phi) is 10.2. The van der Waals surface area contributed by atoms with E-state index in [4.69, 9.17) is 16.3 Å². The number of phenols is 1. The number of halogens is 1. The van der Waals surface area contributed by atoms with Crippen LogP contribution in [0.2, 0.25) is 5.02 Å². The van der Waals surface area contributed by atoms with Crippen LogP contribution < -0.4 is 16.2 Å². The van der Waals surface area contributed by atoms with E-state index in [1.165, 1.54) is 23.8 Å². The standard InChI is InChI=1S/C33H39ClN4O4/c1-22(36-37-33(41)24-11-13-30(39)29(34)19-24)26-12-14-31(28-10-6-5-9-27(26)28)42-21-32(40)35-25-15-17-38(18-16-25)20-23-7-3-2-4-8-23/h2-8,10-14,19,22,25,27,32,35-36,39-40H,9,15-18,20-21H2,1H3,(H,37,41). The van der Waals surface area contributed by atoms with Gasteiger partial charge in [0.1, 0.15) is 24.3 Å². The molecule has 42 heavy (non-hydrogen) atoms. The molecule has 1 amide bonds. The lowest BCUT2D eigenvalue weighted by atomic mass is 9.78. The van der Waals surface area contributed by atoms with Gasteiger partial charge in [-0.05, 0) is 74.7 Å². The van der Waals surface area contributed by atoms with Crippen LogP contribution in [0.4, 0.5) is 0 Å². The van der Waals surface area contributed by atoms with Crippen molar-refractivity contribution in [2.24, 2.45) is 5.92 Å². The third-order valence-electron chi connectivity index (χ3n) is 8.05. The van der Waals surface area contributed by atoms with E-state index in [1.54, 1.807) is 0 Å². The van der Waals surface area contributed by atoms with Gasteiger partial charge >= 0.3 is 0 Å². The second-order valence-corrected chi connectivity index (χ2v) is 11.5. The number of hydrogen-bond acceptors (Lipinski definition) is 7. The lowest BCUT2D eigenvalue weighted by Gasteiger charge is -2.34. The summed E-state index contributed by atoms with van der Waals surface area (Å²) >= 11 is 5.94. The highest BCUT2D eigenvalue weighted by molar-refractivity contribution is 6.32. The molecule has 0 bridgehead atoms. The van der Waals surface area contributed by atoms with Gasteiger partial charge in [0.05, 0.1) is 5.02 Å². The second-order valence-electron chi connectivity index (χ2n) is 11.1. The molecule has 1 saturated heterocycles. The molecule has 3 aliphatic rings. The van der Waals surface area contributed by atoms with Crippen molar-refractivity contribution in [2.75, 3.05) is 19.7 Å². The first kappa shape index (κ1) is 30.1. The van der Waals surface area contributed by atoms with Crippen molar-refractivity contribution in [3.8, 4) is 5.75 Å². The van der Waals surface area contributed by atoms with Gasteiger partial charge in [-0.2, -0.15) is 0 Å². The highest BCUT2D eigenvalue weighted by Crippen LogP contribution is 2.38. The van der Waals surface area contributed by atoms with Crippen LogP contribution in [0.5, 0.6) is 5.75 Å². The van der Waals surface area contributed by atoms with Crippen molar-refractivity contribution >= 4 is 17.5 Å². The molecule has 0 aromatic heterocycles. The van der Waals surface area contributed by atoms with Crippen molar-refractivity contribution in [3.05, 3.63) is 112 Å². The van der Waals surface area contributed by atoms with Crippen LogP contribution in [-0.2, 0) is 11.3 Å². The summed E-state index contributed by atoms with van der Waals surface area (Å²) in [5.41, 5.74) is 9.68. The number of carbonyl (C=O) groups excluding carboxylic acids is 1. The summed E-state index contributed by atoms with van der Waals surface area (Å²) in [5.74, 6) is 0.431. The average molecular weight is 591 g/mol. The van der Waals surface area contributed by atoms with Crippen LogP contribution in [0.25, 0.3) is 0 Å². The summed E-state index contributed by atoms with van der Waals surface area (Å²) in [4.78, 5) is 15.1. The number of hydrazine groups is 1. The molecule has 3 unspecified atom stereocenters. The van der Waals surface area contributed by atoms with Crippen LogP contribution in [0, 0.1) is 5.92 Å². The Morgan fingerprint density at radius 1 is 1.12 bits per heavy atom. The average Bonchev–Trinajstić information content (AvgIpc) is 3.01. The minimum atomic E-state index is -0.760. The van der Waals surface area contributed by atoms with Gasteiger partial charge in [0.25, 0.3) is 5.91 Å². The van der Waals surface area contributed by atoms with E-state index in [2.05, 4.69) is 57.5 Å². The first-order valence-electron chi connectivity index (χ1n) is 14.5. The number of likely N-dealkylation sites (tertiary alicyclic amines) is 1. The van der Waals surface area contributed by atoms with Gasteiger partial charge in [-0.3, -0.25) is 20.4 Å². The SMILES string of the molecule is CC(NNC(=O)c1ccc(O)c(Cl)c1)C1=CC=C(OCC(O)NC2CCN(Cc3ccccc3)CC2)C2=CC=CCC21. The van der Waals surface area contributed by atoms with Gasteiger partial charge < -0.3 is 14.9 Å². The predicted molar refractivity (Wildman–Crippen MR) is 165 cm³/mol. The maximum Gasteiger partial charge on any atom is 0.265 e. The summed E-state index contributed by atoms with van der Waals surface area (Å²) in [6.07, 6.45) is 12.2. The van der Waals surface area contributed by atoms with Crippen LogP contribution in [0.1, 0.15) is 42.1 Å². The van der Waals surface area contributed by atoms with Crippen LogP contribution in [0.15, 0.2) is 95.8 Å². The number of fused-ring (bicyclic) bond motifs is 1. The number of piperidine rings is 1. The number of aromatic hydroxyl groups is 1. The number of hydrogen-bond donors (Lipinski definition) is 5. The Balaban J connectivity index is 1.11. The topological polar surface area (TPSA) is 106 Å². The predicted octanol–water partition coefficient (Wildman–Crippen LogP) is 4.58. The van der Waals surface area contributed by atoms with E-state index < -0.39 is 6.23 Å².